The van der Waals surface area contributed by atoms with Crippen LogP contribution in [0.4, 0.5) is 0 Å². The van der Waals surface area contributed by atoms with Gasteiger partial charge in [-0.15, -0.1) is 0 Å². The van der Waals surface area contributed by atoms with Gasteiger partial charge in [0, 0.05) is 12.1 Å². The van der Waals surface area contributed by atoms with Crippen LogP contribution in [0.15, 0.2) is 28.7 Å². The van der Waals surface area contributed by atoms with Crippen LogP contribution in [0.3, 0.4) is 0 Å². The predicted octanol–water partition coefficient (Wildman–Crippen LogP) is 3.76. The average molecular weight is 371 g/mol. The van der Waals surface area contributed by atoms with Gasteiger partial charge >= 0.3 is 0 Å². The second-order valence-electron chi connectivity index (χ2n) is 5.29. The summed E-state index contributed by atoms with van der Waals surface area (Å²) >= 11 is 9.92. The molecule has 1 atom stereocenters. The Hall–Kier alpha value is -0.840. The quantitative estimate of drug-likeness (QED) is 0.841. The molecular formula is C16H21BrClN3. The minimum Gasteiger partial charge on any atom is -0.330 e. The third-order valence-electron chi connectivity index (χ3n) is 3.78. The average Bonchev–Trinajstić information content (AvgIpc) is 2.75. The molecule has 0 bridgehead atoms. The van der Waals surface area contributed by atoms with Crippen LogP contribution in [0.1, 0.15) is 23.9 Å². The Morgan fingerprint density at radius 1 is 1.33 bits per heavy atom. The second-order valence-corrected chi connectivity index (χ2v) is 6.49. The Labute approximate surface area is 139 Å². The first kappa shape index (κ1) is 16.5. The summed E-state index contributed by atoms with van der Waals surface area (Å²) in [6.07, 6.45) is 2.70. The summed E-state index contributed by atoms with van der Waals surface area (Å²) in [4.78, 5) is 0. The molecule has 2 aromatic rings. The van der Waals surface area contributed by atoms with E-state index in [1.165, 1.54) is 5.69 Å². The summed E-state index contributed by atoms with van der Waals surface area (Å²) in [5, 5.41) is 5.36. The Kier molecular flexibility index (Phi) is 5.85. The van der Waals surface area contributed by atoms with E-state index in [0.717, 1.165) is 40.0 Å². The van der Waals surface area contributed by atoms with E-state index < -0.39 is 0 Å². The molecule has 3 nitrogen and oxygen atoms in total. The lowest BCUT2D eigenvalue weighted by Gasteiger charge is -2.16. The fourth-order valence-electron chi connectivity index (χ4n) is 2.53. The van der Waals surface area contributed by atoms with Gasteiger partial charge in [0.25, 0.3) is 0 Å². The van der Waals surface area contributed by atoms with Crippen molar-refractivity contribution in [2.24, 2.45) is 18.7 Å². The smallest absolute Gasteiger partial charge is 0.0766 e. The standard InChI is InChI=1S/C16H21BrClN3/c1-3-14-16(17)15(21(2)20-14)9-11(10-19)8-12-6-4-5-7-13(12)18/h4-7,11H,3,8-10,19H2,1-2H3. The minimum absolute atomic E-state index is 0.348. The molecule has 0 aliphatic carbocycles. The van der Waals surface area contributed by atoms with E-state index in [2.05, 4.69) is 34.0 Å². The zero-order valence-corrected chi connectivity index (χ0v) is 14.8. The summed E-state index contributed by atoms with van der Waals surface area (Å²) < 4.78 is 3.07. The van der Waals surface area contributed by atoms with E-state index in [0.29, 0.717) is 12.5 Å². The van der Waals surface area contributed by atoms with Gasteiger partial charge < -0.3 is 5.73 Å². The number of nitrogens with two attached hydrogens (primary N) is 1. The summed E-state index contributed by atoms with van der Waals surface area (Å²) in [7, 11) is 1.99. The number of halogens is 2. The topological polar surface area (TPSA) is 43.8 Å². The van der Waals surface area contributed by atoms with Gasteiger partial charge in [-0.3, -0.25) is 4.68 Å². The van der Waals surface area contributed by atoms with E-state index in [4.69, 9.17) is 17.3 Å². The maximum atomic E-state index is 6.25. The highest BCUT2D eigenvalue weighted by atomic mass is 79.9. The van der Waals surface area contributed by atoms with Crippen LogP contribution in [-0.2, 0) is 26.3 Å². The first-order valence-corrected chi connectivity index (χ1v) is 8.37. The van der Waals surface area contributed by atoms with Gasteiger partial charge in [0.05, 0.1) is 15.9 Å². The lowest BCUT2D eigenvalue weighted by molar-refractivity contribution is 0.510. The van der Waals surface area contributed by atoms with Crippen LogP contribution in [0, 0.1) is 5.92 Å². The second kappa shape index (κ2) is 7.43. The maximum absolute atomic E-state index is 6.25. The zero-order chi connectivity index (χ0) is 15.4. The molecule has 2 rings (SSSR count). The molecule has 0 saturated carbocycles. The number of aryl methyl sites for hydroxylation is 2. The van der Waals surface area contributed by atoms with Crippen LogP contribution in [-0.4, -0.2) is 16.3 Å². The van der Waals surface area contributed by atoms with Crippen molar-refractivity contribution in [2.45, 2.75) is 26.2 Å². The van der Waals surface area contributed by atoms with Crippen LogP contribution in [0.2, 0.25) is 5.02 Å². The maximum Gasteiger partial charge on any atom is 0.0766 e. The third-order valence-corrected chi connectivity index (χ3v) is 5.07. The van der Waals surface area contributed by atoms with Crippen molar-refractivity contribution in [2.75, 3.05) is 6.54 Å². The van der Waals surface area contributed by atoms with Crippen molar-refractivity contribution in [1.82, 2.24) is 9.78 Å². The van der Waals surface area contributed by atoms with E-state index in [1.807, 2.05) is 29.9 Å². The fourth-order valence-corrected chi connectivity index (χ4v) is 3.52. The molecule has 0 radical (unpaired) electrons. The lowest BCUT2D eigenvalue weighted by Crippen LogP contribution is -2.21. The normalized spacial score (nSPS) is 12.6. The number of benzene rings is 1. The molecule has 21 heavy (non-hydrogen) atoms. The van der Waals surface area contributed by atoms with Crippen molar-refractivity contribution in [3.05, 3.63) is 50.7 Å². The Morgan fingerprint density at radius 2 is 2.05 bits per heavy atom. The molecule has 1 unspecified atom stereocenters. The van der Waals surface area contributed by atoms with E-state index >= 15 is 0 Å². The summed E-state index contributed by atoms with van der Waals surface area (Å²) in [6, 6.07) is 7.97. The van der Waals surface area contributed by atoms with Crippen LogP contribution >= 0.6 is 27.5 Å². The van der Waals surface area contributed by atoms with E-state index in [-0.39, 0.29) is 0 Å². The highest BCUT2D eigenvalue weighted by molar-refractivity contribution is 9.10. The molecule has 0 spiro atoms. The van der Waals surface area contributed by atoms with Gasteiger partial charge in [-0.1, -0.05) is 36.7 Å². The number of hydrogen-bond donors (Lipinski definition) is 1. The molecular weight excluding hydrogens is 350 g/mol. The first-order chi connectivity index (χ1) is 10.1. The molecule has 0 fully saturated rings. The van der Waals surface area contributed by atoms with Gasteiger partial charge in [0.1, 0.15) is 0 Å². The van der Waals surface area contributed by atoms with Crippen molar-refractivity contribution in [3.8, 4) is 0 Å². The van der Waals surface area contributed by atoms with Crippen LogP contribution in [0.25, 0.3) is 0 Å². The number of rotatable bonds is 6. The number of hydrogen-bond acceptors (Lipinski definition) is 2. The lowest BCUT2D eigenvalue weighted by atomic mass is 9.94. The van der Waals surface area contributed by atoms with Crippen LogP contribution in [0.5, 0.6) is 0 Å². The Balaban J connectivity index is 2.16. The van der Waals surface area contributed by atoms with E-state index in [9.17, 15) is 0 Å². The molecule has 1 heterocycles. The highest BCUT2D eigenvalue weighted by Gasteiger charge is 2.18. The van der Waals surface area contributed by atoms with Gasteiger partial charge in [-0.2, -0.15) is 5.10 Å². The molecule has 2 N–H and O–H groups in total. The fraction of sp³-hybridized carbons (Fsp3) is 0.438. The third kappa shape index (κ3) is 3.87. The molecule has 0 amide bonds. The van der Waals surface area contributed by atoms with Crippen LogP contribution < -0.4 is 5.73 Å². The van der Waals surface area contributed by atoms with Gasteiger partial charge in [0.2, 0.25) is 0 Å². The van der Waals surface area contributed by atoms with Gasteiger partial charge in [-0.05, 0) is 59.3 Å². The first-order valence-electron chi connectivity index (χ1n) is 7.20. The largest absolute Gasteiger partial charge is 0.330 e. The molecule has 0 aliphatic heterocycles. The molecule has 1 aromatic carbocycles. The SMILES string of the molecule is CCc1nn(C)c(CC(CN)Cc2ccccc2Cl)c1Br. The summed E-state index contributed by atoms with van der Waals surface area (Å²) in [5.74, 6) is 0.348. The predicted molar refractivity (Wildman–Crippen MR) is 91.7 cm³/mol. The minimum atomic E-state index is 0.348. The van der Waals surface area contributed by atoms with Crippen molar-refractivity contribution >= 4 is 27.5 Å². The Bertz CT molecular complexity index is 610. The highest BCUT2D eigenvalue weighted by Crippen LogP contribution is 2.26. The van der Waals surface area contributed by atoms with Crippen molar-refractivity contribution in [3.63, 3.8) is 0 Å². The summed E-state index contributed by atoms with van der Waals surface area (Å²) in [6.45, 7) is 2.74. The molecule has 114 valence electrons. The Morgan fingerprint density at radius 3 is 2.62 bits per heavy atom. The molecule has 5 heteroatoms. The number of aromatic nitrogens is 2. The summed E-state index contributed by atoms with van der Waals surface area (Å²) in [5.41, 5.74) is 9.43. The van der Waals surface area contributed by atoms with Crippen molar-refractivity contribution in [1.29, 1.82) is 0 Å². The molecule has 1 aromatic heterocycles. The van der Waals surface area contributed by atoms with Crippen molar-refractivity contribution < 1.29 is 0 Å². The monoisotopic (exact) mass is 369 g/mol. The molecule has 0 aliphatic rings. The van der Waals surface area contributed by atoms with Gasteiger partial charge in [0.15, 0.2) is 0 Å². The number of nitrogens with zero attached hydrogens (tertiary/aromatic N) is 2. The zero-order valence-electron chi connectivity index (χ0n) is 12.4. The van der Waals surface area contributed by atoms with Gasteiger partial charge in [-0.25, -0.2) is 0 Å². The molecule has 0 saturated heterocycles. The van der Waals surface area contributed by atoms with E-state index in [1.54, 1.807) is 0 Å².